The van der Waals surface area contributed by atoms with E-state index in [1.165, 1.54) is 13.2 Å². The van der Waals surface area contributed by atoms with Crippen molar-refractivity contribution in [3.05, 3.63) is 35.6 Å². The second kappa shape index (κ2) is 6.75. The van der Waals surface area contributed by atoms with Gasteiger partial charge in [0.25, 0.3) is 0 Å². The lowest BCUT2D eigenvalue weighted by molar-refractivity contribution is -0.165. The van der Waals surface area contributed by atoms with Crippen LogP contribution in [0.3, 0.4) is 0 Å². The summed E-state index contributed by atoms with van der Waals surface area (Å²) in [5.41, 5.74) is 0.379. The Bertz CT molecular complexity index is 645. The van der Waals surface area contributed by atoms with Crippen LogP contribution in [0.2, 0.25) is 0 Å². The smallest absolute Gasteiger partial charge is 0.334 e. The van der Waals surface area contributed by atoms with Gasteiger partial charge in [0.2, 0.25) is 0 Å². The average Bonchev–Trinajstić information content (AvgIpc) is 3.08. The van der Waals surface area contributed by atoms with Crippen LogP contribution in [0, 0.1) is 5.92 Å². The molecule has 1 atom stereocenters. The quantitative estimate of drug-likeness (QED) is 0.805. The monoisotopic (exact) mass is 332 g/mol. The van der Waals surface area contributed by atoms with E-state index in [0.717, 1.165) is 31.2 Å². The third kappa shape index (κ3) is 3.35. The van der Waals surface area contributed by atoms with Crippen molar-refractivity contribution < 1.29 is 24.5 Å². The molecular formula is C19H24O5. The van der Waals surface area contributed by atoms with E-state index in [2.05, 4.69) is 0 Å². The first-order valence-electron chi connectivity index (χ1n) is 8.51. The first-order valence-corrected chi connectivity index (χ1v) is 8.51. The number of carbonyl (C=O) groups is 1. The predicted octanol–water partition coefficient (Wildman–Crippen LogP) is 3.65. The molecule has 0 radical (unpaired) electrons. The summed E-state index contributed by atoms with van der Waals surface area (Å²) < 4.78 is 10.9. The summed E-state index contributed by atoms with van der Waals surface area (Å²) in [7, 11) is 1.52. The average molecular weight is 332 g/mol. The normalized spacial score (nSPS) is 24.5. The molecule has 1 fully saturated rings. The second-order valence-electron chi connectivity index (χ2n) is 6.79. The lowest BCUT2D eigenvalue weighted by Gasteiger charge is -2.40. The largest absolute Gasteiger partial charge is 0.512 e. The van der Waals surface area contributed by atoms with E-state index in [4.69, 9.17) is 9.47 Å². The Labute approximate surface area is 141 Å². The molecule has 2 N–H and O–H groups in total. The Kier molecular flexibility index (Phi) is 4.69. The van der Waals surface area contributed by atoms with Gasteiger partial charge in [0, 0.05) is 6.42 Å². The molecule has 24 heavy (non-hydrogen) atoms. The maximum atomic E-state index is 11.9. The summed E-state index contributed by atoms with van der Waals surface area (Å²) in [6.07, 6.45) is 7.24. The molecule has 1 aromatic carbocycles. The molecule has 3 rings (SSSR count). The van der Waals surface area contributed by atoms with E-state index >= 15 is 0 Å². The van der Waals surface area contributed by atoms with Crippen LogP contribution in [0.4, 0.5) is 0 Å². The number of methoxy groups -OCH3 is 1. The number of hydrogen-bond acceptors (Lipinski definition) is 5. The van der Waals surface area contributed by atoms with Crippen molar-refractivity contribution in [3.8, 4) is 11.5 Å². The zero-order valence-corrected chi connectivity index (χ0v) is 14.0. The number of aliphatic hydroxyl groups is 1. The summed E-state index contributed by atoms with van der Waals surface area (Å²) in [6.45, 7) is 0. The Balaban J connectivity index is 1.80. The minimum atomic E-state index is -0.627. The SMILES string of the molecule is COc1cc(CCC2(C3CCCC3)CC(O)=CC(=O)O2)ccc1O. The fourth-order valence-electron chi connectivity index (χ4n) is 4.02. The van der Waals surface area contributed by atoms with E-state index in [9.17, 15) is 15.0 Å². The number of rotatable bonds is 5. The Morgan fingerprint density at radius 1 is 1.29 bits per heavy atom. The van der Waals surface area contributed by atoms with E-state index in [-0.39, 0.29) is 17.4 Å². The summed E-state index contributed by atoms with van der Waals surface area (Å²) >= 11 is 0. The van der Waals surface area contributed by atoms with Gasteiger partial charge in [-0.25, -0.2) is 4.79 Å². The number of aliphatic hydroxyl groups excluding tert-OH is 1. The minimum absolute atomic E-state index is 0.108. The van der Waals surface area contributed by atoms with Crippen molar-refractivity contribution in [1.29, 1.82) is 0 Å². The summed E-state index contributed by atoms with van der Waals surface area (Å²) in [5, 5.41) is 19.7. The summed E-state index contributed by atoms with van der Waals surface area (Å²) in [4.78, 5) is 11.9. The molecule has 1 aliphatic heterocycles. The van der Waals surface area contributed by atoms with Crippen LogP contribution < -0.4 is 4.74 Å². The van der Waals surface area contributed by atoms with Gasteiger partial charge in [-0.2, -0.15) is 0 Å². The summed E-state index contributed by atoms with van der Waals surface area (Å²) in [6, 6.07) is 5.26. The zero-order valence-electron chi connectivity index (χ0n) is 14.0. The minimum Gasteiger partial charge on any atom is -0.512 e. The molecule has 0 amide bonds. The maximum absolute atomic E-state index is 11.9. The number of esters is 1. The van der Waals surface area contributed by atoms with Crippen molar-refractivity contribution in [2.24, 2.45) is 5.92 Å². The standard InChI is InChI=1S/C19H24O5/c1-23-17-10-13(6-7-16(17)21)8-9-19(14-4-2-3-5-14)12-15(20)11-18(22)24-19/h6-7,10-11,14,20-21H,2-5,8-9,12H2,1H3. The van der Waals surface area contributed by atoms with E-state index < -0.39 is 11.6 Å². The van der Waals surface area contributed by atoms with Gasteiger partial charge < -0.3 is 19.7 Å². The Morgan fingerprint density at radius 3 is 2.71 bits per heavy atom. The van der Waals surface area contributed by atoms with Gasteiger partial charge in [-0.1, -0.05) is 18.9 Å². The van der Waals surface area contributed by atoms with Crippen LogP contribution in [-0.4, -0.2) is 28.9 Å². The van der Waals surface area contributed by atoms with E-state index in [1.807, 2.05) is 6.07 Å². The molecule has 0 bridgehead atoms. The number of carbonyl (C=O) groups excluding carboxylic acids is 1. The van der Waals surface area contributed by atoms with Crippen LogP contribution in [-0.2, 0) is 16.0 Å². The van der Waals surface area contributed by atoms with Crippen LogP contribution in [0.15, 0.2) is 30.0 Å². The molecule has 1 unspecified atom stereocenters. The van der Waals surface area contributed by atoms with Crippen LogP contribution in [0.25, 0.3) is 0 Å². The van der Waals surface area contributed by atoms with Gasteiger partial charge in [-0.15, -0.1) is 0 Å². The third-order valence-corrected chi connectivity index (χ3v) is 5.25. The van der Waals surface area contributed by atoms with Crippen molar-refractivity contribution in [3.63, 3.8) is 0 Å². The molecule has 1 aromatic rings. The second-order valence-corrected chi connectivity index (χ2v) is 6.79. The molecule has 2 aliphatic rings. The molecule has 5 heteroatoms. The van der Waals surface area contributed by atoms with Crippen LogP contribution >= 0.6 is 0 Å². The predicted molar refractivity (Wildman–Crippen MR) is 89.1 cm³/mol. The third-order valence-electron chi connectivity index (χ3n) is 5.25. The fraction of sp³-hybridized carbons (Fsp3) is 0.526. The molecule has 0 spiro atoms. The van der Waals surface area contributed by atoms with Crippen molar-refractivity contribution >= 4 is 5.97 Å². The number of cyclic esters (lactones) is 1. The van der Waals surface area contributed by atoms with Crippen molar-refractivity contribution in [2.75, 3.05) is 7.11 Å². The molecule has 130 valence electrons. The van der Waals surface area contributed by atoms with Gasteiger partial charge in [0.15, 0.2) is 11.5 Å². The zero-order chi connectivity index (χ0) is 17.2. The highest BCUT2D eigenvalue weighted by atomic mass is 16.6. The van der Waals surface area contributed by atoms with Crippen LogP contribution in [0.1, 0.15) is 44.1 Å². The Morgan fingerprint density at radius 2 is 2.04 bits per heavy atom. The molecule has 1 heterocycles. The lowest BCUT2D eigenvalue weighted by Crippen LogP contribution is -2.44. The van der Waals surface area contributed by atoms with Gasteiger partial charge in [-0.3, -0.25) is 0 Å². The lowest BCUT2D eigenvalue weighted by atomic mass is 9.77. The Hall–Kier alpha value is -2.17. The number of phenolic OH excluding ortho intramolecular Hbond substituents is 1. The van der Waals surface area contributed by atoms with Crippen molar-refractivity contribution in [1.82, 2.24) is 0 Å². The number of hydrogen-bond donors (Lipinski definition) is 2. The number of aromatic hydroxyl groups is 1. The van der Waals surface area contributed by atoms with Gasteiger partial charge in [-0.05, 0) is 49.3 Å². The highest BCUT2D eigenvalue weighted by molar-refractivity contribution is 5.83. The molecule has 0 aromatic heterocycles. The van der Waals surface area contributed by atoms with Gasteiger partial charge in [0.05, 0.1) is 13.2 Å². The number of phenols is 1. The molecule has 1 aliphatic carbocycles. The number of benzene rings is 1. The van der Waals surface area contributed by atoms with Crippen molar-refractivity contribution in [2.45, 2.75) is 50.5 Å². The molecule has 5 nitrogen and oxygen atoms in total. The van der Waals surface area contributed by atoms with E-state index in [1.54, 1.807) is 12.1 Å². The summed E-state index contributed by atoms with van der Waals surface area (Å²) in [5.74, 6) is 0.494. The molecule has 0 saturated heterocycles. The highest BCUT2D eigenvalue weighted by Gasteiger charge is 2.45. The molecular weight excluding hydrogens is 308 g/mol. The van der Waals surface area contributed by atoms with Gasteiger partial charge >= 0.3 is 5.97 Å². The maximum Gasteiger partial charge on any atom is 0.334 e. The first kappa shape index (κ1) is 16.7. The van der Waals surface area contributed by atoms with Gasteiger partial charge in [0.1, 0.15) is 11.4 Å². The topological polar surface area (TPSA) is 76.0 Å². The highest BCUT2D eigenvalue weighted by Crippen LogP contribution is 2.44. The fourth-order valence-corrected chi connectivity index (χ4v) is 4.02. The van der Waals surface area contributed by atoms with Crippen LogP contribution in [0.5, 0.6) is 11.5 Å². The number of ether oxygens (including phenoxy) is 2. The first-order chi connectivity index (χ1) is 11.5. The van der Waals surface area contributed by atoms with E-state index in [0.29, 0.717) is 25.0 Å². The molecule has 1 saturated carbocycles. The number of aryl methyl sites for hydroxylation is 1.